The smallest absolute Gasteiger partial charge is 0.271 e. The van der Waals surface area contributed by atoms with Crippen LogP contribution in [0.5, 0.6) is 0 Å². The number of aromatic nitrogens is 3. The molecule has 4 aromatic rings. The summed E-state index contributed by atoms with van der Waals surface area (Å²) in [5.41, 5.74) is 6.88. The lowest BCUT2D eigenvalue weighted by atomic mass is 10.1. The SMILES string of the molecule is Cc1ccc(-c2cc(C(=O)NNC(=O)c3cccnc3)c3c(C)noc3n2)s1. The zero-order valence-corrected chi connectivity index (χ0v) is 15.8. The molecule has 0 atom stereocenters. The molecule has 2 N–H and O–H groups in total. The highest BCUT2D eigenvalue weighted by molar-refractivity contribution is 7.15. The largest absolute Gasteiger partial charge is 0.335 e. The second kappa shape index (κ2) is 7.20. The molecular formula is C19H15N5O3S. The zero-order valence-electron chi connectivity index (χ0n) is 15.0. The van der Waals surface area contributed by atoms with Crippen LogP contribution in [0.3, 0.4) is 0 Å². The van der Waals surface area contributed by atoms with Crippen LogP contribution in [0.1, 0.15) is 31.3 Å². The summed E-state index contributed by atoms with van der Waals surface area (Å²) in [5, 5.41) is 4.42. The summed E-state index contributed by atoms with van der Waals surface area (Å²) in [6, 6.07) is 8.82. The van der Waals surface area contributed by atoms with Crippen LogP contribution in [0, 0.1) is 13.8 Å². The van der Waals surface area contributed by atoms with E-state index in [0.717, 1.165) is 9.75 Å². The van der Waals surface area contributed by atoms with Crippen LogP contribution in [0.15, 0.2) is 47.2 Å². The van der Waals surface area contributed by atoms with Gasteiger partial charge in [0.05, 0.1) is 32.8 Å². The molecule has 4 heterocycles. The summed E-state index contributed by atoms with van der Waals surface area (Å²) in [7, 11) is 0. The van der Waals surface area contributed by atoms with E-state index in [4.69, 9.17) is 4.52 Å². The Morgan fingerprint density at radius 2 is 1.93 bits per heavy atom. The van der Waals surface area contributed by atoms with E-state index in [-0.39, 0.29) is 5.71 Å². The molecule has 9 heteroatoms. The fourth-order valence-electron chi connectivity index (χ4n) is 2.72. The molecular weight excluding hydrogens is 378 g/mol. The maximum absolute atomic E-state index is 12.8. The number of rotatable bonds is 3. The topological polar surface area (TPSA) is 110 Å². The third kappa shape index (κ3) is 3.35. The molecule has 0 saturated heterocycles. The number of thiophene rings is 1. The maximum atomic E-state index is 12.8. The van der Waals surface area contributed by atoms with E-state index in [9.17, 15) is 9.59 Å². The monoisotopic (exact) mass is 393 g/mol. The summed E-state index contributed by atoms with van der Waals surface area (Å²) in [5.74, 6) is -0.964. The minimum absolute atomic E-state index is 0.268. The summed E-state index contributed by atoms with van der Waals surface area (Å²) in [6.07, 6.45) is 2.97. The van der Waals surface area contributed by atoms with Gasteiger partial charge >= 0.3 is 0 Å². The summed E-state index contributed by atoms with van der Waals surface area (Å²) >= 11 is 1.56. The normalized spacial score (nSPS) is 10.8. The van der Waals surface area contributed by atoms with Gasteiger partial charge in [0.2, 0.25) is 0 Å². The second-order valence-corrected chi connectivity index (χ2v) is 7.35. The van der Waals surface area contributed by atoms with E-state index < -0.39 is 11.8 Å². The van der Waals surface area contributed by atoms with Gasteiger partial charge in [0.15, 0.2) is 0 Å². The number of aryl methyl sites for hydroxylation is 2. The van der Waals surface area contributed by atoms with Crippen molar-refractivity contribution in [2.75, 3.05) is 0 Å². The van der Waals surface area contributed by atoms with Gasteiger partial charge in [-0.15, -0.1) is 11.3 Å². The molecule has 0 bridgehead atoms. The number of pyridine rings is 2. The molecule has 0 aliphatic heterocycles. The Morgan fingerprint density at radius 3 is 2.64 bits per heavy atom. The lowest BCUT2D eigenvalue weighted by Crippen LogP contribution is -2.41. The van der Waals surface area contributed by atoms with Gasteiger partial charge in [-0.05, 0) is 44.2 Å². The Hall–Kier alpha value is -3.59. The molecule has 0 saturated carbocycles. The molecule has 8 nitrogen and oxygen atoms in total. The highest BCUT2D eigenvalue weighted by atomic mass is 32.1. The van der Waals surface area contributed by atoms with Gasteiger partial charge in [-0.3, -0.25) is 25.4 Å². The molecule has 2 amide bonds. The number of nitrogens with one attached hydrogen (secondary N) is 2. The molecule has 0 aromatic carbocycles. The quantitative estimate of drug-likeness (QED) is 0.518. The fourth-order valence-corrected chi connectivity index (χ4v) is 3.55. The first kappa shape index (κ1) is 17.8. The Bertz CT molecular complexity index is 1180. The van der Waals surface area contributed by atoms with Crippen LogP contribution >= 0.6 is 11.3 Å². The van der Waals surface area contributed by atoms with Gasteiger partial charge in [0, 0.05) is 17.3 Å². The Balaban J connectivity index is 1.65. The third-order valence-corrected chi connectivity index (χ3v) is 5.09. The minimum Gasteiger partial charge on any atom is -0.335 e. The number of hydrogen-bond acceptors (Lipinski definition) is 7. The molecule has 140 valence electrons. The number of carbonyl (C=O) groups excluding carboxylic acids is 2. The number of nitrogens with zero attached hydrogens (tertiary/aromatic N) is 3. The first-order valence-electron chi connectivity index (χ1n) is 8.37. The number of hydrazine groups is 1. The molecule has 0 spiro atoms. The Morgan fingerprint density at radius 1 is 1.11 bits per heavy atom. The predicted molar refractivity (Wildman–Crippen MR) is 104 cm³/mol. The summed E-state index contributed by atoms with van der Waals surface area (Å²) in [6.45, 7) is 3.72. The number of fused-ring (bicyclic) bond motifs is 1. The van der Waals surface area contributed by atoms with Gasteiger partial charge < -0.3 is 4.52 Å². The zero-order chi connectivity index (χ0) is 19.7. The van der Waals surface area contributed by atoms with E-state index in [1.165, 1.54) is 6.20 Å². The summed E-state index contributed by atoms with van der Waals surface area (Å²) in [4.78, 5) is 35.3. The van der Waals surface area contributed by atoms with Crippen molar-refractivity contribution in [1.29, 1.82) is 0 Å². The van der Waals surface area contributed by atoms with Crippen molar-refractivity contribution in [1.82, 2.24) is 26.0 Å². The molecule has 0 unspecified atom stereocenters. The van der Waals surface area contributed by atoms with Crippen LogP contribution in [-0.4, -0.2) is 26.9 Å². The van der Waals surface area contributed by atoms with Crippen LogP contribution < -0.4 is 10.9 Å². The van der Waals surface area contributed by atoms with Crippen molar-refractivity contribution in [3.8, 4) is 10.6 Å². The lowest BCUT2D eigenvalue weighted by molar-refractivity contribution is 0.0847. The van der Waals surface area contributed by atoms with E-state index in [1.54, 1.807) is 42.7 Å². The van der Waals surface area contributed by atoms with Crippen LogP contribution in [0.2, 0.25) is 0 Å². The number of amides is 2. The first-order chi connectivity index (χ1) is 13.5. The molecule has 0 aliphatic carbocycles. The van der Waals surface area contributed by atoms with Crippen molar-refractivity contribution in [3.63, 3.8) is 0 Å². The Kier molecular flexibility index (Phi) is 4.58. The standard InChI is InChI=1S/C19H15N5O3S/c1-10-5-6-15(28-10)14-8-13(16-11(2)24-27-19(16)21-14)18(26)23-22-17(25)12-4-3-7-20-9-12/h3-9H,1-2H3,(H,22,25)(H,23,26). The van der Waals surface area contributed by atoms with Crippen LogP contribution in [0.25, 0.3) is 21.7 Å². The molecule has 0 radical (unpaired) electrons. The highest BCUT2D eigenvalue weighted by Gasteiger charge is 2.20. The van der Waals surface area contributed by atoms with Gasteiger partial charge in [-0.2, -0.15) is 0 Å². The molecule has 0 aliphatic rings. The van der Waals surface area contributed by atoms with Gasteiger partial charge in [0.25, 0.3) is 17.5 Å². The number of hydrogen-bond donors (Lipinski definition) is 2. The van der Waals surface area contributed by atoms with E-state index in [2.05, 4.69) is 26.0 Å². The average Bonchev–Trinajstić information content (AvgIpc) is 3.31. The second-order valence-electron chi connectivity index (χ2n) is 6.06. The maximum Gasteiger partial charge on any atom is 0.271 e. The van der Waals surface area contributed by atoms with Gasteiger partial charge in [0.1, 0.15) is 0 Å². The van der Waals surface area contributed by atoms with Crippen molar-refractivity contribution >= 4 is 34.3 Å². The lowest BCUT2D eigenvalue weighted by Gasteiger charge is -2.09. The molecule has 4 rings (SSSR count). The van der Waals surface area contributed by atoms with Crippen molar-refractivity contribution in [2.45, 2.75) is 13.8 Å². The van der Waals surface area contributed by atoms with E-state index >= 15 is 0 Å². The van der Waals surface area contributed by atoms with E-state index in [1.807, 2.05) is 19.1 Å². The average molecular weight is 393 g/mol. The third-order valence-electron chi connectivity index (χ3n) is 4.07. The van der Waals surface area contributed by atoms with Gasteiger partial charge in [-0.1, -0.05) is 5.16 Å². The van der Waals surface area contributed by atoms with Crippen molar-refractivity contribution in [3.05, 3.63) is 64.4 Å². The van der Waals surface area contributed by atoms with E-state index in [0.29, 0.717) is 27.9 Å². The molecule has 28 heavy (non-hydrogen) atoms. The summed E-state index contributed by atoms with van der Waals surface area (Å²) < 4.78 is 5.27. The number of carbonyl (C=O) groups is 2. The van der Waals surface area contributed by atoms with Crippen molar-refractivity contribution < 1.29 is 14.1 Å². The highest BCUT2D eigenvalue weighted by Crippen LogP contribution is 2.30. The van der Waals surface area contributed by atoms with Crippen LogP contribution in [-0.2, 0) is 0 Å². The molecule has 4 aromatic heterocycles. The molecule has 0 fully saturated rings. The fraction of sp³-hybridized carbons (Fsp3) is 0.105. The first-order valence-corrected chi connectivity index (χ1v) is 9.19. The predicted octanol–water partition coefficient (Wildman–Crippen LogP) is 3.04. The van der Waals surface area contributed by atoms with Crippen LogP contribution in [0.4, 0.5) is 0 Å². The van der Waals surface area contributed by atoms with Gasteiger partial charge in [-0.25, -0.2) is 4.98 Å². The Labute approximate surface area is 163 Å². The van der Waals surface area contributed by atoms with Crippen molar-refractivity contribution in [2.24, 2.45) is 0 Å². The minimum atomic E-state index is -0.495.